The standard InChI is InChI=1S/C29H44O6/c1-17(31)34-20-14-23-27(5)12-8-21-26(3,4)10-7-11-29(21,16-30)22(27)9-13-28(23,6)24-19(20)15-33-25(24)35-18(2)32/h15,20-25,30H,7-14,16H2,1-6H3. The predicted octanol–water partition coefficient (Wildman–Crippen LogP) is 5.38. The highest BCUT2D eigenvalue weighted by molar-refractivity contribution is 5.67. The average Bonchev–Trinajstić information content (AvgIpc) is 3.18. The van der Waals surface area contributed by atoms with E-state index in [0.29, 0.717) is 11.8 Å². The Bertz CT molecular complexity index is 924. The number of esters is 2. The Morgan fingerprint density at radius 1 is 0.943 bits per heavy atom. The van der Waals surface area contributed by atoms with Crippen LogP contribution in [0.1, 0.15) is 92.9 Å². The first-order valence-electron chi connectivity index (χ1n) is 13.7. The summed E-state index contributed by atoms with van der Waals surface area (Å²) < 4.78 is 17.5. The van der Waals surface area contributed by atoms with E-state index in [9.17, 15) is 14.7 Å². The highest BCUT2D eigenvalue weighted by atomic mass is 16.7. The van der Waals surface area contributed by atoms with E-state index in [1.54, 1.807) is 6.26 Å². The Hall–Kier alpha value is -1.56. The molecule has 196 valence electrons. The second-order valence-corrected chi connectivity index (χ2v) is 13.5. The van der Waals surface area contributed by atoms with Crippen molar-refractivity contribution in [3.8, 4) is 0 Å². The Labute approximate surface area is 210 Å². The van der Waals surface area contributed by atoms with Gasteiger partial charge in [0.25, 0.3) is 6.29 Å². The molecule has 9 unspecified atom stereocenters. The smallest absolute Gasteiger partial charge is 0.305 e. The Balaban J connectivity index is 1.57. The molecule has 4 fully saturated rings. The van der Waals surface area contributed by atoms with Gasteiger partial charge in [-0.05, 0) is 78.9 Å². The molecule has 1 aliphatic heterocycles. The Morgan fingerprint density at radius 2 is 1.60 bits per heavy atom. The van der Waals surface area contributed by atoms with Crippen LogP contribution in [0.25, 0.3) is 0 Å². The largest absolute Gasteiger partial charge is 0.462 e. The molecule has 35 heavy (non-hydrogen) atoms. The molecule has 9 atom stereocenters. The summed E-state index contributed by atoms with van der Waals surface area (Å²) in [5, 5.41) is 11.0. The van der Waals surface area contributed by atoms with Crippen LogP contribution in [0.5, 0.6) is 0 Å². The fraction of sp³-hybridized carbons (Fsp3) is 0.862. The summed E-state index contributed by atoms with van der Waals surface area (Å²) in [5.74, 6) is 0.449. The van der Waals surface area contributed by atoms with Gasteiger partial charge in [0.15, 0.2) is 0 Å². The molecule has 0 amide bonds. The third-order valence-corrected chi connectivity index (χ3v) is 11.5. The first-order chi connectivity index (χ1) is 16.4. The van der Waals surface area contributed by atoms with Crippen LogP contribution >= 0.6 is 0 Å². The van der Waals surface area contributed by atoms with Gasteiger partial charge in [0.05, 0.1) is 12.2 Å². The number of hydrogen-bond donors (Lipinski definition) is 1. The molecule has 0 bridgehead atoms. The Morgan fingerprint density at radius 3 is 2.26 bits per heavy atom. The maximum absolute atomic E-state index is 12.1. The molecule has 4 saturated carbocycles. The van der Waals surface area contributed by atoms with Crippen LogP contribution < -0.4 is 0 Å². The van der Waals surface area contributed by atoms with Gasteiger partial charge in [0.2, 0.25) is 0 Å². The van der Waals surface area contributed by atoms with Gasteiger partial charge >= 0.3 is 11.9 Å². The molecule has 0 aromatic rings. The van der Waals surface area contributed by atoms with E-state index in [2.05, 4.69) is 27.7 Å². The SMILES string of the molecule is CC(=O)OC1CC2C(C)(CCC3C2(C)CCC2C(C)(C)CCCC23CO)C2C1=COC2OC(C)=O. The topological polar surface area (TPSA) is 82.1 Å². The van der Waals surface area contributed by atoms with Crippen molar-refractivity contribution in [2.75, 3.05) is 6.61 Å². The molecule has 6 nitrogen and oxygen atoms in total. The fourth-order valence-electron chi connectivity index (χ4n) is 10.4. The summed E-state index contributed by atoms with van der Waals surface area (Å²) in [6.45, 7) is 12.7. The van der Waals surface area contributed by atoms with Crippen LogP contribution in [-0.2, 0) is 23.8 Å². The molecule has 5 aliphatic rings. The molecule has 0 saturated heterocycles. The van der Waals surface area contributed by atoms with Gasteiger partial charge in [-0.2, -0.15) is 0 Å². The second kappa shape index (κ2) is 8.22. The number of hydrogen-bond acceptors (Lipinski definition) is 6. The molecule has 4 aliphatic carbocycles. The monoisotopic (exact) mass is 488 g/mol. The molecule has 1 heterocycles. The number of fused-ring (bicyclic) bond motifs is 7. The van der Waals surface area contributed by atoms with Crippen LogP contribution in [0.15, 0.2) is 11.8 Å². The summed E-state index contributed by atoms with van der Waals surface area (Å²) >= 11 is 0. The molecule has 0 spiro atoms. The third kappa shape index (κ3) is 3.52. The minimum absolute atomic E-state index is 0.00689. The van der Waals surface area contributed by atoms with Crippen molar-refractivity contribution in [3.63, 3.8) is 0 Å². The predicted molar refractivity (Wildman–Crippen MR) is 131 cm³/mol. The number of aliphatic hydroxyl groups is 1. The maximum atomic E-state index is 12.1. The molecule has 6 heteroatoms. The maximum Gasteiger partial charge on any atom is 0.305 e. The third-order valence-electron chi connectivity index (χ3n) is 11.5. The number of carbonyl (C=O) groups is 2. The molecular weight excluding hydrogens is 444 g/mol. The lowest BCUT2D eigenvalue weighted by Gasteiger charge is -2.70. The molecular formula is C29H44O6. The summed E-state index contributed by atoms with van der Waals surface area (Å²) in [7, 11) is 0. The van der Waals surface area contributed by atoms with Crippen LogP contribution in [0, 0.1) is 45.3 Å². The zero-order chi connectivity index (χ0) is 25.4. The highest BCUT2D eigenvalue weighted by Crippen LogP contribution is 2.74. The van der Waals surface area contributed by atoms with E-state index >= 15 is 0 Å². The minimum Gasteiger partial charge on any atom is -0.462 e. The van der Waals surface area contributed by atoms with Gasteiger partial charge in [0, 0.05) is 31.4 Å². The van der Waals surface area contributed by atoms with Crippen molar-refractivity contribution in [1.82, 2.24) is 0 Å². The Kier molecular flexibility index (Phi) is 5.90. The number of carbonyl (C=O) groups excluding carboxylic acids is 2. The normalized spacial score (nSPS) is 47.7. The van der Waals surface area contributed by atoms with E-state index in [4.69, 9.17) is 14.2 Å². The van der Waals surface area contributed by atoms with Crippen LogP contribution in [-0.4, -0.2) is 36.0 Å². The van der Waals surface area contributed by atoms with Crippen LogP contribution in [0.2, 0.25) is 0 Å². The van der Waals surface area contributed by atoms with Gasteiger partial charge < -0.3 is 19.3 Å². The first kappa shape index (κ1) is 25.1. The van der Waals surface area contributed by atoms with Crippen molar-refractivity contribution in [1.29, 1.82) is 0 Å². The molecule has 0 radical (unpaired) electrons. The first-order valence-corrected chi connectivity index (χ1v) is 13.7. The van der Waals surface area contributed by atoms with E-state index in [1.165, 1.54) is 26.7 Å². The second-order valence-electron chi connectivity index (χ2n) is 13.5. The zero-order valence-electron chi connectivity index (χ0n) is 22.4. The van der Waals surface area contributed by atoms with E-state index in [0.717, 1.165) is 44.1 Å². The fourth-order valence-corrected chi connectivity index (χ4v) is 10.4. The van der Waals surface area contributed by atoms with E-state index in [-0.39, 0.29) is 58.1 Å². The van der Waals surface area contributed by atoms with Crippen LogP contribution in [0.3, 0.4) is 0 Å². The van der Waals surface area contributed by atoms with Crippen molar-refractivity contribution in [2.45, 2.75) is 105 Å². The number of ether oxygens (including phenoxy) is 3. The van der Waals surface area contributed by atoms with Crippen molar-refractivity contribution in [3.05, 3.63) is 11.8 Å². The molecule has 5 rings (SSSR count). The lowest BCUT2D eigenvalue weighted by molar-refractivity contribution is -0.242. The summed E-state index contributed by atoms with van der Waals surface area (Å²) in [4.78, 5) is 24.1. The highest BCUT2D eigenvalue weighted by Gasteiger charge is 2.69. The van der Waals surface area contributed by atoms with Gasteiger partial charge in [0.1, 0.15) is 6.10 Å². The van der Waals surface area contributed by atoms with Crippen molar-refractivity contribution >= 4 is 11.9 Å². The van der Waals surface area contributed by atoms with Crippen molar-refractivity contribution in [2.24, 2.45) is 45.3 Å². The molecule has 0 aromatic carbocycles. The quantitative estimate of drug-likeness (QED) is 0.537. The van der Waals surface area contributed by atoms with Gasteiger partial charge in [-0.15, -0.1) is 0 Å². The van der Waals surface area contributed by atoms with Crippen molar-refractivity contribution < 1.29 is 28.9 Å². The lowest BCUT2D eigenvalue weighted by atomic mass is 9.34. The van der Waals surface area contributed by atoms with Crippen LogP contribution in [0.4, 0.5) is 0 Å². The number of rotatable bonds is 3. The summed E-state index contributed by atoms with van der Waals surface area (Å²) in [6, 6.07) is 0. The van der Waals surface area contributed by atoms with E-state index in [1.807, 2.05) is 0 Å². The summed E-state index contributed by atoms with van der Waals surface area (Å²) in [5.41, 5.74) is 1.01. The van der Waals surface area contributed by atoms with Gasteiger partial charge in [-0.25, -0.2) is 0 Å². The van der Waals surface area contributed by atoms with Gasteiger partial charge in [-0.3, -0.25) is 9.59 Å². The molecule has 1 N–H and O–H groups in total. The zero-order valence-corrected chi connectivity index (χ0v) is 22.4. The average molecular weight is 489 g/mol. The minimum atomic E-state index is -0.676. The molecule has 0 aromatic heterocycles. The number of aliphatic hydroxyl groups excluding tert-OH is 1. The lowest BCUT2D eigenvalue weighted by Crippen LogP contribution is -2.66. The summed E-state index contributed by atoms with van der Waals surface area (Å²) in [6.07, 6.45) is 9.21. The van der Waals surface area contributed by atoms with E-state index < -0.39 is 6.29 Å². The van der Waals surface area contributed by atoms with Gasteiger partial charge in [-0.1, -0.05) is 34.1 Å².